The number of nitrogens with one attached hydrogen (secondary N) is 1. The van der Waals surface area contributed by atoms with Crippen molar-refractivity contribution in [2.75, 3.05) is 4.90 Å². The number of halogens is 5. The van der Waals surface area contributed by atoms with Gasteiger partial charge in [-0.25, -0.2) is 8.78 Å². The van der Waals surface area contributed by atoms with Crippen LogP contribution >= 0.6 is 0 Å². The number of carboxylic acids is 1. The van der Waals surface area contributed by atoms with E-state index in [4.69, 9.17) is 5.11 Å². The fourth-order valence-electron chi connectivity index (χ4n) is 4.49. The third kappa shape index (κ3) is 5.05. The van der Waals surface area contributed by atoms with Gasteiger partial charge in [-0.3, -0.25) is 14.4 Å². The van der Waals surface area contributed by atoms with Crippen LogP contribution in [0.1, 0.15) is 47.6 Å². The number of fused-ring (bicyclic) bond motifs is 2. The Balaban J connectivity index is 1.66. The molecule has 186 valence electrons. The molecule has 12 heteroatoms. The van der Waals surface area contributed by atoms with E-state index in [1.807, 2.05) is 0 Å². The molecule has 0 bridgehead atoms. The Morgan fingerprint density at radius 2 is 1.69 bits per heavy atom. The van der Waals surface area contributed by atoms with E-state index in [2.05, 4.69) is 10.1 Å². The van der Waals surface area contributed by atoms with E-state index in [9.17, 15) is 36.3 Å². The molecule has 0 aromatic heterocycles. The number of nitrogens with zero attached hydrogens (tertiary/aromatic N) is 1. The predicted molar refractivity (Wildman–Crippen MR) is 111 cm³/mol. The number of benzene rings is 2. The first kappa shape index (κ1) is 24.4. The number of hydrogen-bond donors (Lipinski definition) is 2. The summed E-state index contributed by atoms with van der Waals surface area (Å²) < 4.78 is 69.5. The van der Waals surface area contributed by atoms with Crippen LogP contribution in [0.4, 0.5) is 27.6 Å². The van der Waals surface area contributed by atoms with E-state index in [1.54, 1.807) is 0 Å². The molecule has 3 atom stereocenters. The second kappa shape index (κ2) is 9.16. The highest BCUT2D eigenvalue weighted by Gasteiger charge is 2.49. The second-order valence-corrected chi connectivity index (χ2v) is 8.32. The number of carboxylic acid groups (broad SMARTS) is 1. The topological polar surface area (TPSA) is 95.9 Å². The Hall–Kier alpha value is -3.70. The van der Waals surface area contributed by atoms with Crippen molar-refractivity contribution in [2.45, 2.75) is 44.1 Å². The molecule has 1 fully saturated rings. The third-order valence-corrected chi connectivity index (χ3v) is 6.15. The SMILES string of the molecule is O=C(O)CCC(=O)NC1c2cc(F)c(F)cc2N(C(=O)c2ccc(OC(F)(F)F)cc2)C2CCC12. The first-order chi connectivity index (χ1) is 16.4. The number of rotatable bonds is 6. The molecule has 3 unspecified atom stereocenters. The quantitative estimate of drug-likeness (QED) is 0.579. The Bertz CT molecular complexity index is 1170. The van der Waals surface area contributed by atoms with Crippen LogP contribution in [-0.4, -0.2) is 35.3 Å². The highest BCUT2D eigenvalue weighted by Crippen LogP contribution is 2.50. The van der Waals surface area contributed by atoms with Gasteiger partial charge in [-0.05, 0) is 43.2 Å². The van der Waals surface area contributed by atoms with Crippen LogP contribution in [0.5, 0.6) is 5.75 Å². The van der Waals surface area contributed by atoms with E-state index in [1.165, 1.54) is 4.90 Å². The van der Waals surface area contributed by atoms with Gasteiger partial charge in [0.05, 0.1) is 18.2 Å². The molecule has 1 aliphatic heterocycles. The highest BCUT2D eigenvalue weighted by molar-refractivity contribution is 6.07. The van der Waals surface area contributed by atoms with Crippen molar-refractivity contribution < 1.29 is 46.2 Å². The molecule has 0 spiro atoms. The monoisotopic (exact) mass is 498 g/mol. The van der Waals surface area contributed by atoms with Gasteiger partial charge in [0.2, 0.25) is 5.91 Å². The maximum absolute atomic E-state index is 14.2. The molecule has 2 aromatic rings. The summed E-state index contributed by atoms with van der Waals surface area (Å²) in [4.78, 5) is 37.7. The molecule has 1 saturated carbocycles. The lowest BCUT2D eigenvalue weighted by atomic mass is 9.68. The molecular formula is C23H19F5N2O5. The van der Waals surface area contributed by atoms with Crippen molar-refractivity contribution in [1.82, 2.24) is 5.32 Å². The van der Waals surface area contributed by atoms with Gasteiger partial charge in [0.15, 0.2) is 11.6 Å². The van der Waals surface area contributed by atoms with E-state index >= 15 is 0 Å². The van der Waals surface area contributed by atoms with Crippen molar-refractivity contribution >= 4 is 23.5 Å². The third-order valence-electron chi connectivity index (χ3n) is 6.15. The maximum Gasteiger partial charge on any atom is 0.573 e. The lowest BCUT2D eigenvalue weighted by molar-refractivity contribution is -0.274. The van der Waals surface area contributed by atoms with Crippen LogP contribution < -0.4 is 15.0 Å². The predicted octanol–water partition coefficient (Wildman–Crippen LogP) is 4.32. The smallest absolute Gasteiger partial charge is 0.481 e. The number of carbonyl (C=O) groups is 3. The molecule has 2 aliphatic rings. The number of alkyl halides is 3. The summed E-state index contributed by atoms with van der Waals surface area (Å²) in [6.07, 6.45) is -4.57. The first-order valence-electron chi connectivity index (χ1n) is 10.6. The number of amides is 2. The summed E-state index contributed by atoms with van der Waals surface area (Å²) in [5.41, 5.74) is 0.178. The van der Waals surface area contributed by atoms with Gasteiger partial charge in [0, 0.05) is 35.6 Å². The molecule has 0 radical (unpaired) electrons. The average Bonchev–Trinajstić information content (AvgIpc) is 2.74. The molecule has 4 rings (SSSR count). The number of aliphatic carboxylic acids is 1. The van der Waals surface area contributed by atoms with Crippen LogP contribution in [0.2, 0.25) is 0 Å². The lowest BCUT2D eigenvalue weighted by Gasteiger charge is -2.52. The molecule has 7 nitrogen and oxygen atoms in total. The van der Waals surface area contributed by atoms with Crippen LogP contribution in [-0.2, 0) is 9.59 Å². The molecule has 0 saturated heterocycles. The van der Waals surface area contributed by atoms with E-state index in [-0.39, 0.29) is 29.2 Å². The summed E-state index contributed by atoms with van der Waals surface area (Å²) in [6.45, 7) is 0. The summed E-state index contributed by atoms with van der Waals surface area (Å²) in [5.74, 6) is -5.66. The Morgan fingerprint density at radius 1 is 1.03 bits per heavy atom. The minimum Gasteiger partial charge on any atom is -0.481 e. The molecule has 1 aliphatic carbocycles. The molecule has 35 heavy (non-hydrogen) atoms. The zero-order chi connectivity index (χ0) is 25.5. The van der Waals surface area contributed by atoms with Gasteiger partial charge in [0.1, 0.15) is 5.75 Å². The first-order valence-corrected chi connectivity index (χ1v) is 10.6. The van der Waals surface area contributed by atoms with Gasteiger partial charge in [-0.1, -0.05) is 0 Å². The Morgan fingerprint density at radius 3 is 2.26 bits per heavy atom. The summed E-state index contributed by atoms with van der Waals surface area (Å²) in [7, 11) is 0. The molecular weight excluding hydrogens is 479 g/mol. The van der Waals surface area contributed by atoms with Crippen LogP contribution in [0.25, 0.3) is 0 Å². The summed E-state index contributed by atoms with van der Waals surface area (Å²) in [6, 6.07) is 4.69. The molecule has 2 amide bonds. The van der Waals surface area contributed by atoms with E-state index < -0.39 is 60.0 Å². The van der Waals surface area contributed by atoms with Crippen molar-refractivity contribution in [1.29, 1.82) is 0 Å². The van der Waals surface area contributed by atoms with Crippen molar-refractivity contribution in [3.05, 3.63) is 59.2 Å². The van der Waals surface area contributed by atoms with Gasteiger partial charge < -0.3 is 20.1 Å². The summed E-state index contributed by atoms with van der Waals surface area (Å²) in [5, 5.41) is 11.5. The number of anilines is 1. The maximum atomic E-state index is 14.2. The van der Waals surface area contributed by atoms with Gasteiger partial charge in [-0.2, -0.15) is 0 Å². The highest BCUT2D eigenvalue weighted by atomic mass is 19.4. The fraction of sp³-hybridized carbons (Fsp3) is 0.348. The Kier molecular flexibility index (Phi) is 6.39. The molecule has 2 N–H and O–H groups in total. The largest absolute Gasteiger partial charge is 0.573 e. The number of ether oxygens (including phenoxy) is 1. The normalized spacial score (nSPS) is 20.8. The zero-order valence-corrected chi connectivity index (χ0v) is 17.9. The van der Waals surface area contributed by atoms with Crippen LogP contribution in [0.15, 0.2) is 36.4 Å². The van der Waals surface area contributed by atoms with Crippen LogP contribution in [0.3, 0.4) is 0 Å². The van der Waals surface area contributed by atoms with Crippen molar-refractivity contribution in [2.24, 2.45) is 5.92 Å². The van der Waals surface area contributed by atoms with Crippen molar-refractivity contribution in [3.63, 3.8) is 0 Å². The van der Waals surface area contributed by atoms with Gasteiger partial charge >= 0.3 is 12.3 Å². The zero-order valence-electron chi connectivity index (χ0n) is 17.9. The van der Waals surface area contributed by atoms with Crippen molar-refractivity contribution in [3.8, 4) is 5.75 Å². The van der Waals surface area contributed by atoms with E-state index in [0.29, 0.717) is 12.8 Å². The lowest BCUT2D eigenvalue weighted by Crippen LogP contribution is -2.58. The summed E-state index contributed by atoms with van der Waals surface area (Å²) >= 11 is 0. The number of carbonyl (C=O) groups excluding carboxylic acids is 2. The van der Waals surface area contributed by atoms with Crippen LogP contribution in [0, 0.1) is 17.6 Å². The second-order valence-electron chi connectivity index (χ2n) is 8.32. The minimum atomic E-state index is -4.90. The molecule has 2 aromatic carbocycles. The fourth-order valence-corrected chi connectivity index (χ4v) is 4.49. The molecule has 1 heterocycles. The number of hydrogen-bond acceptors (Lipinski definition) is 4. The Labute approximate surface area is 195 Å². The standard InChI is InChI=1S/C23H19F5N2O5/c24-15-9-14-18(10-16(15)25)30(22(34)11-1-3-12(4-2-11)35-23(26,27)28)17-6-5-13(17)21(14)29-19(31)7-8-20(32)33/h1-4,9-10,13,17,21H,5-8H2,(H,29,31)(H,32,33). The average molecular weight is 498 g/mol. The van der Waals surface area contributed by atoms with Gasteiger partial charge in [0.25, 0.3) is 5.91 Å². The minimum absolute atomic E-state index is 0.00445. The van der Waals surface area contributed by atoms with E-state index in [0.717, 1.165) is 36.4 Å². The van der Waals surface area contributed by atoms with Gasteiger partial charge in [-0.15, -0.1) is 13.2 Å².